The lowest BCUT2D eigenvalue weighted by atomic mass is 10.1. The summed E-state index contributed by atoms with van der Waals surface area (Å²) >= 11 is 5.09. The monoisotopic (exact) mass is 330 g/mol. The Labute approximate surface area is 121 Å². The van der Waals surface area contributed by atoms with E-state index in [1.54, 1.807) is 11.8 Å². The summed E-state index contributed by atoms with van der Waals surface area (Å²) in [5.41, 5.74) is 6.89. The molecule has 100 valence electrons. The second-order valence-corrected chi connectivity index (χ2v) is 6.07. The molecule has 0 unspecified atom stereocenters. The van der Waals surface area contributed by atoms with Crippen LogP contribution in [0.1, 0.15) is 24.9 Å². The zero-order chi connectivity index (χ0) is 13.5. The maximum Gasteiger partial charge on any atom is 0.237 e. The second-order valence-electron chi connectivity index (χ2n) is 4.17. The number of carbonyl (C=O) groups excluding carboxylic acids is 1. The number of carbonyl (C=O) groups is 1. The Morgan fingerprint density at radius 3 is 2.61 bits per heavy atom. The predicted octanol–water partition coefficient (Wildman–Crippen LogP) is 2.71. The van der Waals surface area contributed by atoms with E-state index in [0.29, 0.717) is 6.42 Å². The van der Waals surface area contributed by atoms with Gasteiger partial charge in [-0.15, -0.1) is 0 Å². The van der Waals surface area contributed by atoms with Crippen LogP contribution in [-0.4, -0.2) is 24.0 Å². The van der Waals surface area contributed by atoms with E-state index in [1.165, 1.54) is 0 Å². The first-order valence-electron chi connectivity index (χ1n) is 5.85. The van der Waals surface area contributed by atoms with E-state index in [1.807, 2.05) is 37.4 Å². The van der Waals surface area contributed by atoms with E-state index in [4.69, 9.17) is 5.73 Å². The van der Waals surface area contributed by atoms with Gasteiger partial charge in [-0.3, -0.25) is 4.79 Å². The fraction of sp³-hybridized carbons (Fsp3) is 0.462. The summed E-state index contributed by atoms with van der Waals surface area (Å²) in [5.74, 6) is 0.820. The third-order valence-corrected chi connectivity index (χ3v) is 3.87. The van der Waals surface area contributed by atoms with Crippen LogP contribution in [0.15, 0.2) is 28.7 Å². The van der Waals surface area contributed by atoms with Gasteiger partial charge in [-0.2, -0.15) is 11.8 Å². The molecule has 0 aliphatic heterocycles. The molecule has 0 saturated carbocycles. The van der Waals surface area contributed by atoms with Gasteiger partial charge in [0.2, 0.25) is 5.91 Å². The van der Waals surface area contributed by atoms with E-state index in [-0.39, 0.29) is 11.9 Å². The summed E-state index contributed by atoms with van der Waals surface area (Å²) in [6.45, 7) is 1.96. The van der Waals surface area contributed by atoms with Crippen molar-refractivity contribution < 1.29 is 4.79 Å². The summed E-state index contributed by atoms with van der Waals surface area (Å²) in [5, 5.41) is 2.94. The summed E-state index contributed by atoms with van der Waals surface area (Å²) < 4.78 is 1.03. The van der Waals surface area contributed by atoms with E-state index >= 15 is 0 Å². The molecule has 0 aliphatic carbocycles. The minimum absolute atomic E-state index is 0.0223. The molecule has 1 aromatic rings. The van der Waals surface area contributed by atoms with Crippen LogP contribution in [-0.2, 0) is 4.79 Å². The van der Waals surface area contributed by atoms with Crippen molar-refractivity contribution >= 4 is 33.6 Å². The van der Waals surface area contributed by atoms with Crippen LogP contribution in [0, 0.1) is 0 Å². The Bertz CT molecular complexity index is 383. The molecule has 0 heterocycles. The molecule has 0 aromatic heterocycles. The average Bonchev–Trinajstić information content (AvgIpc) is 2.36. The normalized spacial score (nSPS) is 14.0. The van der Waals surface area contributed by atoms with Gasteiger partial charge in [-0.1, -0.05) is 28.1 Å². The average molecular weight is 331 g/mol. The molecular weight excluding hydrogens is 312 g/mol. The van der Waals surface area contributed by atoms with Gasteiger partial charge in [0.25, 0.3) is 0 Å². The zero-order valence-electron chi connectivity index (χ0n) is 10.7. The van der Waals surface area contributed by atoms with Crippen LogP contribution in [0.5, 0.6) is 0 Å². The first-order chi connectivity index (χ1) is 8.54. The number of rotatable bonds is 6. The highest BCUT2D eigenvalue weighted by Gasteiger charge is 2.15. The first-order valence-corrected chi connectivity index (χ1v) is 8.03. The van der Waals surface area contributed by atoms with Gasteiger partial charge in [-0.05, 0) is 43.0 Å². The first kappa shape index (κ1) is 15.5. The topological polar surface area (TPSA) is 55.1 Å². The summed E-state index contributed by atoms with van der Waals surface area (Å²) in [6, 6.07) is 7.46. The molecule has 2 atom stereocenters. The smallest absolute Gasteiger partial charge is 0.237 e. The van der Waals surface area contributed by atoms with Crippen molar-refractivity contribution in [3.63, 3.8) is 0 Å². The number of benzene rings is 1. The largest absolute Gasteiger partial charge is 0.348 e. The molecule has 3 N–H and O–H groups in total. The number of amides is 1. The van der Waals surface area contributed by atoms with E-state index in [9.17, 15) is 4.79 Å². The zero-order valence-corrected chi connectivity index (χ0v) is 13.1. The van der Waals surface area contributed by atoms with Gasteiger partial charge in [0.05, 0.1) is 12.1 Å². The third-order valence-electron chi connectivity index (χ3n) is 2.70. The van der Waals surface area contributed by atoms with Crippen molar-refractivity contribution in [1.82, 2.24) is 5.32 Å². The highest BCUT2D eigenvalue weighted by atomic mass is 79.9. The van der Waals surface area contributed by atoms with Crippen LogP contribution in [0.25, 0.3) is 0 Å². The number of hydrogen-bond acceptors (Lipinski definition) is 3. The van der Waals surface area contributed by atoms with E-state index < -0.39 is 6.04 Å². The summed E-state index contributed by atoms with van der Waals surface area (Å²) in [6.07, 6.45) is 2.72. The second kappa shape index (κ2) is 7.81. The SMILES string of the molecule is CSCC[C@H](N)C(=O)N[C@H](C)c1ccc(Br)cc1. The summed E-state index contributed by atoms with van der Waals surface area (Å²) in [7, 11) is 0. The van der Waals surface area contributed by atoms with E-state index in [0.717, 1.165) is 15.8 Å². The fourth-order valence-corrected chi connectivity index (χ4v) is 2.29. The number of hydrogen-bond donors (Lipinski definition) is 2. The van der Waals surface area contributed by atoms with Crippen molar-refractivity contribution in [2.24, 2.45) is 5.73 Å². The van der Waals surface area contributed by atoms with Gasteiger partial charge >= 0.3 is 0 Å². The van der Waals surface area contributed by atoms with Crippen molar-refractivity contribution in [2.75, 3.05) is 12.0 Å². The molecule has 18 heavy (non-hydrogen) atoms. The van der Waals surface area contributed by atoms with Gasteiger partial charge < -0.3 is 11.1 Å². The maximum absolute atomic E-state index is 11.8. The molecule has 1 rings (SSSR count). The molecule has 1 aromatic carbocycles. The minimum Gasteiger partial charge on any atom is -0.348 e. The van der Waals surface area contributed by atoms with Crippen molar-refractivity contribution in [3.05, 3.63) is 34.3 Å². The maximum atomic E-state index is 11.8. The highest BCUT2D eigenvalue weighted by molar-refractivity contribution is 9.10. The van der Waals surface area contributed by atoms with Gasteiger partial charge in [0, 0.05) is 4.47 Å². The number of halogens is 1. The van der Waals surface area contributed by atoms with Gasteiger partial charge in [0.1, 0.15) is 0 Å². The standard InChI is InChI=1S/C13H19BrN2OS/c1-9(10-3-5-11(14)6-4-10)16-13(17)12(15)7-8-18-2/h3-6,9,12H,7-8,15H2,1-2H3,(H,16,17)/t9-,12+/m1/s1. The molecular formula is C13H19BrN2OS. The van der Waals surface area contributed by atoms with Crippen molar-refractivity contribution in [3.8, 4) is 0 Å². The highest BCUT2D eigenvalue weighted by Crippen LogP contribution is 2.16. The molecule has 5 heteroatoms. The van der Waals surface area contributed by atoms with Crippen LogP contribution >= 0.6 is 27.7 Å². The van der Waals surface area contributed by atoms with Crippen LogP contribution in [0.4, 0.5) is 0 Å². The lowest BCUT2D eigenvalue weighted by molar-refractivity contribution is -0.123. The van der Waals surface area contributed by atoms with Crippen molar-refractivity contribution in [1.29, 1.82) is 0 Å². The Kier molecular flexibility index (Phi) is 6.75. The predicted molar refractivity (Wildman–Crippen MR) is 81.7 cm³/mol. The minimum atomic E-state index is -0.421. The van der Waals surface area contributed by atoms with Gasteiger partial charge in [0.15, 0.2) is 0 Å². The molecule has 3 nitrogen and oxygen atoms in total. The molecule has 0 spiro atoms. The Morgan fingerprint density at radius 2 is 2.06 bits per heavy atom. The number of nitrogens with one attached hydrogen (secondary N) is 1. The quantitative estimate of drug-likeness (QED) is 0.843. The van der Waals surface area contributed by atoms with Crippen molar-refractivity contribution in [2.45, 2.75) is 25.4 Å². The molecule has 1 amide bonds. The summed E-state index contributed by atoms with van der Waals surface area (Å²) in [4.78, 5) is 11.8. The fourth-order valence-electron chi connectivity index (χ4n) is 1.53. The third kappa shape index (κ3) is 5.00. The lowest BCUT2D eigenvalue weighted by Crippen LogP contribution is -2.41. The van der Waals surface area contributed by atoms with E-state index in [2.05, 4.69) is 21.2 Å². The van der Waals surface area contributed by atoms with Crippen LogP contribution < -0.4 is 11.1 Å². The Balaban J connectivity index is 2.51. The molecule has 0 saturated heterocycles. The Morgan fingerprint density at radius 1 is 1.44 bits per heavy atom. The molecule has 0 bridgehead atoms. The Hall–Kier alpha value is -0.520. The number of thioether (sulfide) groups is 1. The number of nitrogens with two attached hydrogens (primary N) is 1. The van der Waals surface area contributed by atoms with Crippen LogP contribution in [0.2, 0.25) is 0 Å². The molecule has 0 fully saturated rings. The lowest BCUT2D eigenvalue weighted by Gasteiger charge is -2.17. The molecule has 0 aliphatic rings. The molecule has 0 radical (unpaired) electrons. The van der Waals surface area contributed by atoms with Crippen LogP contribution in [0.3, 0.4) is 0 Å². The van der Waals surface area contributed by atoms with Gasteiger partial charge in [-0.25, -0.2) is 0 Å².